The molecule has 0 bridgehead atoms. The van der Waals surface area contributed by atoms with E-state index in [1.165, 1.54) is 5.56 Å². The van der Waals surface area contributed by atoms with Gasteiger partial charge >= 0.3 is 0 Å². The molecule has 2 heterocycles. The zero-order valence-electron chi connectivity index (χ0n) is 22.0. The fourth-order valence-electron chi connectivity index (χ4n) is 4.26. The predicted molar refractivity (Wildman–Crippen MR) is 146 cm³/mol. The van der Waals surface area contributed by atoms with Gasteiger partial charge in [0.1, 0.15) is 11.3 Å². The number of phenols is 1. The molecule has 4 nitrogen and oxygen atoms in total. The number of aromatic hydroxyl groups is 1. The summed E-state index contributed by atoms with van der Waals surface area (Å²) in [6.45, 7) is 13.1. The maximum Gasteiger partial charge on any atom is 0.230 e. The van der Waals surface area contributed by atoms with Crippen molar-refractivity contribution in [2.75, 3.05) is 0 Å². The molecule has 0 saturated carbocycles. The largest absolute Gasteiger partial charge is 0.507 e. The average Bonchev–Trinajstić information content (AvgIpc) is 3.27. The number of fused-ring (bicyclic) bond motifs is 1. The summed E-state index contributed by atoms with van der Waals surface area (Å²) >= 11 is 0. The van der Waals surface area contributed by atoms with Gasteiger partial charge in [0, 0.05) is 33.0 Å². The summed E-state index contributed by atoms with van der Waals surface area (Å²) in [7, 11) is 0. The molecule has 0 aliphatic heterocycles. The average molecular weight is 671 g/mol. The van der Waals surface area contributed by atoms with Crippen molar-refractivity contribution in [2.24, 2.45) is 0 Å². The molecule has 3 aromatic carbocycles. The molecule has 0 fully saturated rings. The first-order valence-corrected chi connectivity index (χ1v) is 12.2. The second-order valence-corrected chi connectivity index (χ2v) is 11.3. The molecular formula is C32H31N2O2Pt-. The topological polar surface area (TPSA) is 59.2 Å². The fourth-order valence-corrected chi connectivity index (χ4v) is 4.26. The smallest absolute Gasteiger partial charge is 0.230 e. The number of pyridine rings is 1. The SMILES string of the molecule is CC(C)(C)c1ccnc(-c2[c-]c(-c3cc(C(C)(C)C)cc4oc(-c5ccccc5O)nc34)ccc2)c1.[Pt]. The van der Waals surface area contributed by atoms with Crippen LogP contribution >= 0.6 is 0 Å². The van der Waals surface area contributed by atoms with Gasteiger partial charge in [-0.1, -0.05) is 76.9 Å². The number of benzene rings is 3. The van der Waals surface area contributed by atoms with Gasteiger partial charge in [0.25, 0.3) is 0 Å². The number of hydrogen-bond acceptors (Lipinski definition) is 4. The molecule has 0 saturated heterocycles. The zero-order valence-corrected chi connectivity index (χ0v) is 24.3. The summed E-state index contributed by atoms with van der Waals surface area (Å²) in [5, 5.41) is 10.4. The third-order valence-electron chi connectivity index (χ3n) is 6.48. The number of para-hydroxylation sites is 1. The van der Waals surface area contributed by atoms with Crippen LogP contribution < -0.4 is 0 Å². The first kappa shape index (κ1) is 26.8. The molecule has 37 heavy (non-hydrogen) atoms. The summed E-state index contributed by atoms with van der Waals surface area (Å²) in [6, 6.07) is 25.3. The van der Waals surface area contributed by atoms with Crippen LogP contribution in [-0.4, -0.2) is 15.1 Å². The van der Waals surface area contributed by atoms with E-state index in [9.17, 15) is 5.11 Å². The molecule has 0 radical (unpaired) electrons. The Bertz CT molecular complexity index is 1570. The van der Waals surface area contributed by atoms with Crippen LogP contribution in [0.3, 0.4) is 0 Å². The van der Waals surface area contributed by atoms with Crippen molar-refractivity contribution >= 4 is 11.1 Å². The van der Waals surface area contributed by atoms with Gasteiger partial charge in [-0.25, -0.2) is 4.98 Å². The van der Waals surface area contributed by atoms with E-state index in [0.717, 1.165) is 33.5 Å². The fraction of sp³-hybridized carbons (Fsp3) is 0.250. The first-order chi connectivity index (χ1) is 17.0. The molecule has 0 aliphatic carbocycles. The third-order valence-corrected chi connectivity index (χ3v) is 6.48. The summed E-state index contributed by atoms with van der Waals surface area (Å²) in [6.07, 6.45) is 1.87. The minimum Gasteiger partial charge on any atom is -0.507 e. The molecule has 0 unspecified atom stereocenters. The maximum atomic E-state index is 10.4. The summed E-state index contributed by atoms with van der Waals surface area (Å²) in [4.78, 5) is 9.47. The van der Waals surface area contributed by atoms with Crippen LogP contribution in [0, 0.1) is 6.07 Å². The second kappa shape index (κ2) is 9.91. The van der Waals surface area contributed by atoms with Crippen molar-refractivity contribution in [2.45, 2.75) is 52.4 Å². The molecule has 0 spiro atoms. The summed E-state index contributed by atoms with van der Waals surface area (Å²) in [5.74, 6) is 0.533. The molecule has 5 rings (SSSR count). The Kier molecular flexibility index (Phi) is 7.18. The van der Waals surface area contributed by atoms with Gasteiger partial charge in [-0.3, -0.25) is 4.98 Å². The third kappa shape index (κ3) is 5.40. The monoisotopic (exact) mass is 670 g/mol. The molecule has 0 atom stereocenters. The summed E-state index contributed by atoms with van der Waals surface area (Å²) < 4.78 is 6.20. The molecule has 0 aliphatic rings. The van der Waals surface area contributed by atoms with E-state index in [2.05, 4.69) is 70.8 Å². The van der Waals surface area contributed by atoms with Crippen molar-refractivity contribution < 1.29 is 30.6 Å². The number of nitrogens with zero attached hydrogens (tertiary/aromatic N) is 2. The normalized spacial score (nSPS) is 11.9. The second-order valence-electron chi connectivity index (χ2n) is 11.3. The van der Waals surface area contributed by atoms with Crippen molar-refractivity contribution in [1.82, 2.24) is 9.97 Å². The number of hydrogen-bond donors (Lipinski definition) is 1. The van der Waals surface area contributed by atoms with E-state index in [1.54, 1.807) is 12.1 Å². The Balaban J connectivity index is 0.00000320. The molecule has 192 valence electrons. The Hall–Kier alpha value is -3.23. The van der Waals surface area contributed by atoms with Crippen LogP contribution in [0.1, 0.15) is 52.7 Å². The van der Waals surface area contributed by atoms with Crippen molar-refractivity contribution in [3.05, 3.63) is 90.1 Å². The standard InChI is InChI=1S/C32H31N2O2.Pt/c1-31(2,3)22-14-15-33-26(18-22)21-11-9-10-20(16-21)25-17-23(32(4,5)6)19-28-29(25)34-30(36-28)24-12-7-8-13-27(24)35;/h7-15,17-19,35H,1-6H3;/q-1;. The Morgan fingerprint density at radius 2 is 1.46 bits per heavy atom. The molecule has 5 heteroatoms. The van der Waals surface area contributed by atoms with Gasteiger partial charge in [0.15, 0.2) is 0 Å². The van der Waals surface area contributed by atoms with Crippen molar-refractivity contribution in [3.63, 3.8) is 0 Å². The Morgan fingerprint density at radius 1 is 0.757 bits per heavy atom. The van der Waals surface area contributed by atoms with Crippen LogP contribution in [0.2, 0.25) is 0 Å². The number of oxazole rings is 1. The van der Waals surface area contributed by atoms with Crippen molar-refractivity contribution in [3.8, 4) is 39.6 Å². The molecule has 2 aromatic heterocycles. The van der Waals surface area contributed by atoms with Gasteiger partial charge < -0.3 is 9.52 Å². The number of rotatable bonds is 3. The van der Waals surface area contributed by atoms with E-state index in [4.69, 9.17) is 9.40 Å². The molecule has 1 N–H and O–H groups in total. The van der Waals surface area contributed by atoms with Crippen LogP contribution in [0.4, 0.5) is 0 Å². The van der Waals surface area contributed by atoms with Gasteiger partial charge in [-0.15, -0.1) is 29.8 Å². The van der Waals surface area contributed by atoms with Gasteiger partial charge in [0.05, 0.1) is 11.1 Å². The van der Waals surface area contributed by atoms with E-state index in [-0.39, 0.29) is 37.6 Å². The van der Waals surface area contributed by atoms with Gasteiger partial charge in [-0.2, -0.15) is 0 Å². The van der Waals surface area contributed by atoms with Crippen LogP contribution in [0.5, 0.6) is 5.75 Å². The Morgan fingerprint density at radius 3 is 2.16 bits per heavy atom. The van der Waals surface area contributed by atoms with Gasteiger partial charge in [0.2, 0.25) is 5.89 Å². The zero-order chi connectivity index (χ0) is 25.7. The van der Waals surface area contributed by atoms with Gasteiger partial charge in [-0.05, 0) is 46.2 Å². The van der Waals surface area contributed by atoms with E-state index >= 15 is 0 Å². The van der Waals surface area contributed by atoms with Crippen LogP contribution in [-0.2, 0) is 31.9 Å². The van der Waals surface area contributed by atoms with Crippen LogP contribution in [0.15, 0.2) is 77.3 Å². The molecule has 0 amide bonds. The predicted octanol–water partition coefficient (Wildman–Crippen LogP) is 8.32. The Labute approximate surface area is 233 Å². The molecule has 5 aromatic rings. The summed E-state index contributed by atoms with van der Waals surface area (Å²) in [5.41, 5.74) is 7.98. The maximum absolute atomic E-state index is 10.4. The quantitative estimate of drug-likeness (QED) is 0.196. The first-order valence-electron chi connectivity index (χ1n) is 12.2. The number of aromatic nitrogens is 2. The van der Waals surface area contributed by atoms with E-state index in [0.29, 0.717) is 17.0 Å². The minimum atomic E-state index is -0.0923. The van der Waals surface area contributed by atoms with E-state index < -0.39 is 0 Å². The van der Waals surface area contributed by atoms with E-state index in [1.807, 2.05) is 42.6 Å². The van der Waals surface area contributed by atoms with Crippen molar-refractivity contribution in [1.29, 1.82) is 0 Å². The number of phenolic OH excluding ortho intramolecular Hbond substituents is 1. The minimum absolute atomic E-state index is 0. The molecular weight excluding hydrogens is 639 g/mol. The van der Waals surface area contributed by atoms with Crippen LogP contribution in [0.25, 0.3) is 44.9 Å².